The minimum Gasteiger partial charge on any atom is -0.451 e. The second kappa shape index (κ2) is 3.79. The van der Waals surface area contributed by atoms with Crippen LogP contribution in [-0.2, 0) is 0 Å². The van der Waals surface area contributed by atoms with Gasteiger partial charge < -0.3 is 8.83 Å². The van der Waals surface area contributed by atoms with Crippen molar-refractivity contribution in [2.24, 2.45) is 0 Å². The number of furan rings is 2. The Labute approximate surface area is 102 Å². The average molecular weight is 247 g/mol. The van der Waals surface area contributed by atoms with Crippen molar-refractivity contribution in [3.8, 4) is 11.5 Å². The lowest BCUT2D eigenvalue weighted by Gasteiger charge is -1.90. The molecular formula is C13H7ClO3. The first-order valence-electron chi connectivity index (χ1n) is 5.01. The maximum atomic E-state index is 10.5. The number of carbonyl (C=O) groups excluding carboxylic acids is 1. The molecule has 3 nitrogen and oxygen atoms in total. The summed E-state index contributed by atoms with van der Waals surface area (Å²) in [6.45, 7) is 0. The Morgan fingerprint density at radius 3 is 2.65 bits per heavy atom. The number of para-hydroxylation sites is 1. The molecule has 0 saturated carbocycles. The van der Waals surface area contributed by atoms with Crippen LogP contribution in [0.15, 0.2) is 45.2 Å². The second-order valence-corrected chi connectivity index (χ2v) is 4.00. The van der Waals surface area contributed by atoms with Gasteiger partial charge in [0.15, 0.2) is 29.1 Å². The van der Waals surface area contributed by atoms with E-state index in [-0.39, 0.29) is 5.76 Å². The zero-order chi connectivity index (χ0) is 11.8. The number of halogens is 1. The van der Waals surface area contributed by atoms with Crippen LogP contribution in [0.4, 0.5) is 0 Å². The van der Waals surface area contributed by atoms with Crippen molar-refractivity contribution >= 4 is 28.9 Å². The fourth-order valence-corrected chi connectivity index (χ4v) is 1.92. The molecule has 2 aromatic heterocycles. The van der Waals surface area contributed by atoms with Crippen LogP contribution in [0.25, 0.3) is 22.5 Å². The van der Waals surface area contributed by atoms with Crippen molar-refractivity contribution in [3.05, 3.63) is 47.2 Å². The van der Waals surface area contributed by atoms with Crippen LogP contribution in [0.3, 0.4) is 0 Å². The zero-order valence-corrected chi connectivity index (χ0v) is 9.40. The van der Waals surface area contributed by atoms with Gasteiger partial charge in [-0.25, -0.2) is 0 Å². The lowest BCUT2D eigenvalue weighted by Crippen LogP contribution is -1.68. The molecule has 0 unspecified atom stereocenters. The maximum Gasteiger partial charge on any atom is 0.185 e. The van der Waals surface area contributed by atoms with E-state index in [0.717, 1.165) is 5.39 Å². The van der Waals surface area contributed by atoms with Crippen LogP contribution >= 0.6 is 11.6 Å². The van der Waals surface area contributed by atoms with E-state index < -0.39 is 0 Å². The van der Waals surface area contributed by atoms with Gasteiger partial charge in [-0.15, -0.1) is 0 Å². The number of aldehydes is 1. The van der Waals surface area contributed by atoms with Gasteiger partial charge in [-0.1, -0.05) is 23.7 Å². The molecule has 0 fully saturated rings. The Hall–Kier alpha value is -2.00. The third-order valence-corrected chi connectivity index (χ3v) is 2.78. The molecule has 4 heteroatoms. The SMILES string of the molecule is O=Cc1ccc(-c2cc3cccc(Cl)c3o2)o1. The third kappa shape index (κ3) is 1.65. The van der Waals surface area contributed by atoms with Crippen molar-refractivity contribution < 1.29 is 13.6 Å². The minimum absolute atomic E-state index is 0.270. The van der Waals surface area contributed by atoms with Gasteiger partial charge in [0.05, 0.1) is 5.02 Å². The number of benzene rings is 1. The van der Waals surface area contributed by atoms with Crippen LogP contribution in [-0.4, -0.2) is 6.29 Å². The molecule has 0 aliphatic heterocycles. The summed E-state index contributed by atoms with van der Waals surface area (Å²) in [5.74, 6) is 1.34. The molecule has 17 heavy (non-hydrogen) atoms. The van der Waals surface area contributed by atoms with Crippen LogP contribution in [0.1, 0.15) is 10.6 Å². The van der Waals surface area contributed by atoms with Gasteiger partial charge in [0.1, 0.15) is 0 Å². The Balaban J connectivity index is 2.17. The summed E-state index contributed by atoms with van der Waals surface area (Å²) in [5.41, 5.74) is 0.619. The molecular weight excluding hydrogens is 240 g/mol. The van der Waals surface area contributed by atoms with Crippen molar-refractivity contribution in [2.45, 2.75) is 0 Å². The summed E-state index contributed by atoms with van der Waals surface area (Å²) < 4.78 is 10.9. The third-order valence-electron chi connectivity index (χ3n) is 2.48. The standard InChI is InChI=1S/C13H7ClO3/c14-10-3-1-2-8-6-12(17-13(8)10)11-5-4-9(7-15)16-11/h1-7H. The molecule has 0 amide bonds. The van der Waals surface area contributed by atoms with Crippen LogP contribution in [0.2, 0.25) is 5.02 Å². The summed E-state index contributed by atoms with van der Waals surface area (Å²) in [4.78, 5) is 10.5. The highest BCUT2D eigenvalue weighted by molar-refractivity contribution is 6.34. The highest BCUT2D eigenvalue weighted by atomic mass is 35.5. The van der Waals surface area contributed by atoms with Crippen molar-refractivity contribution in [1.29, 1.82) is 0 Å². The predicted octanol–water partition coefficient (Wildman–Crippen LogP) is 4.16. The summed E-state index contributed by atoms with van der Waals surface area (Å²) >= 11 is 6.01. The van der Waals surface area contributed by atoms with Crippen LogP contribution < -0.4 is 0 Å². The number of hydrogen-bond donors (Lipinski definition) is 0. The van der Waals surface area contributed by atoms with Crippen molar-refractivity contribution in [3.63, 3.8) is 0 Å². The van der Waals surface area contributed by atoms with E-state index in [4.69, 9.17) is 20.4 Å². The Bertz CT molecular complexity index is 694. The summed E-state index contributed by atoms with van der Waals surface area (Å²) in [6, 6.07) is 10.6. The first-order chi connectivity index (χ1) is 8.28. The Morgan fingerprint density at radius 1 is 1.06 bits per heavy atom. The van der Waals surface area contributed by atoms with E-state index in [0.29, 0.717) is 28.4 Å². The van der Waals surface area contributed by atoms with Crippen molar-refractivity contribution in [2.75, 3.05) is 0 Å². The van der Waals surface area contributed by atoms with E-state index >= 15 is 0 Å². The predicted molar refractivity (Wildman–Crippen MR) is 64.3 cm³/mol. The lowest BCUT2D eigenvalue weighted by atomic mass is 10.2. The Kier molecular flexibility index (Phi) is 2.27. The largest absolute Gasteiger partial charge is 0.451 e. The van der Waals surface area contributed by atoms with Crippen LogP contribution in [0, 0.1) is 0 Å². The molecule has 0 atom stereocenters. The fraction of sp³-hybridized carbons (Fsp3) is 0. The highest BCUT2D eigenvalue weighted by Crippen LogP contribution is 2.32. The molecule has 2 heterocycles. The maximum absolute atomic E-state index is 10.5. The molecule has 0 bridgehead atoms. The number of fused-ring (bicyclic) bond motifs is 1. The van der Waals surface area contributed by atoms with Gasteiger partial charge >= 0.3 is 0 Å². The van der Waals surface area contributed by atoms with E-state index in [1.165, 1.54) is 0 Å². The number of carbonyl (C=O) groups is 1. The average Bonchev–Trinajstić information content (AvgIpc) is 2.95. The molecule has 0 radical (unpaired) electrons. The van der Waals surface area contributed by atoms with Gasteiger partial charge in [-0.05, 0) is 24.3 Å². The topological polar surface area (TPSA) is 43.4 Å². The van der Waals surface area contributed by atoms with Gasteiger partial charge in [-0.3, -0.25) is 4.79 Å². The molecule has 0 spiro atoms. The first-order valence-corrected chi connectivity index (χ1v) is 5.39. The van der Waals surface area contributed by atoms with E-state index in [1.807, 2.05) is 18.2 Å². The molecule has 0 saturated heterocycles. The van der Waals surface area contributed by atoms with E-state index in [1.54, 1.807) is 18.2 Å². The van der Waals surface area contributed by atoms with Gasteiger partial charge in [0.25, 0.3) is 0 Å². The molecule has 3 aromatic rings. The van der Waals surface area contributed by atoms with Crippen molar-refractivity contribution in [1.82, 2.24) is 0 Å². The Morgan fingerprint density at radius 2 is 1.94 bits per heavy atom. The molecule has 1 aromatic carbocycles. The molecule has 0 aliphatic carbocycles. The number of hydrogen-bond acceptors (Lipinski definition) is 3. The minimum atomic E-state index is 0.270. The molecule has 0 N–H and O–H groups in total. The first kappa shape index (κ1) is 10.2. The van der Waals surface area contributed by atoms with Gasteiger partial charge in [-0.2, -0.15) is 0 Å². The van der Waals surface area contributed by atoms with Gasteiger partial charge in [0, 0.05) is 5.39 Å². The summed E-state index contributed by atoms with van der Waals surface area (Å²) in [6.07, 6.45) is 0.652. The van der Waals surface area contributed by atoms with E-state index in [9.17, 15) is 4.79 Å². The normalized spacial score (nSPS) is 10.9. The highest BCUT2D eigenvalue weighted by Gasteiger charge is 2.11. The smallest absolute Gasteiger partial charge is 0.185 e. The fourth-order valence-electron chi connectivity index (χ4n) is 1.70. The van der Waals surface area contributed by atoms with E-state index in [2.05, 4.69) is 0 Å². The number of rotatable bonds is 2. The second-order valence-electron chi connectivity index (χ2n) is 3.59. The lowest BCUT2D eigenvalue weighted by molar-refractivity contribution is 0.110. The van der Waals surface area contributed by atoms with Gasteiger partial charge in [0.2, 0.25) is 0 Å². The quantitative estimate of drug-likeness (QED) is 0.638. The molecule has 3 rings (SSSR count). The monoisotopic (exact) mass is 246 g/mol. The summed E-state index contributed by atoms with van der Waals surface area (Å²) in [7, 11) is 0. The zero-order valence-electron chi connectivity index (χ0n) is 8.64. The molecule has 0 aliphatic rings. The molecule has 84 valence electrons. The van der Waals surface area contributed by atoms with Crippen LogP contribution in [0.5, 0.6) is 0 Å². The summed E-state index contributed by atoms with van der Waals surface area (Å²) in [5, 5.41) is 1.45.